The fraction of sp³-hybridized carbons (Fsp3) is 0.308. The van der Waals surface area contributed by atoms with Gasteiger partial charge in [0.15, 0.2) is 0 Å². The molecular weight excluding hydrogens is 416 g/mol. The number of aryl methyl sites for hydroxylation is 2. The Kier molecular flexibility index (Phi) is 4.31. The van der Waals surface area contributed by atoms with E-state index in [1.54, 1.807) is 0 Å². The molecule has 5 nitrogen and oxygen atoms in total. The highest BCUT2D eigenvalue weighted by Gasteiger charge is 2.51. The van der Waals surface area contributed by atoms with Gasteiger partial charge in [-0.15, -0.1) is 11.8 Å². The Morgan fingerprint density at radius 2 is 1.41 bits per heavy atom. The summed E-state index contributed by atoms with van der Waals surface area (Å²) in [6.45, 7) is 8.68. The third-order valence-corrected chi connectivity index (χ3v) is 8.00. The monoisotopic (exact) mass is 442 g/mol. The van der Waals surface area contributed by atoms with Gasteiger partial charge in [0, 0.05) is 28.7 Å². The van der Waals surface area contributed by atoms with Crippen molar-refractivity contribution in [2.24, 2.45) is 5.92 Å². The first-order valence-corrected chi connectivity index (χ1v) is 12.1. The van der Waals surface area contributed by atoms with E-state index in [1.165, 1.54) is 16.2 Å². The number of rotatable bonds is 2. The number of fused-ring (bicyclic) bond motifs is 5. The summed E-state index contributed by atoms with van der Waals surface area (Å²) >= 11 is 1.90. The van der Waals surface area contributed by atoms with Crippen molar-refractivity contribution in [2.75, 3.05) is 5.75 Å². The van der Waals surface area contributed by atoms with E-state index in [0.29, 0.717) is 5.92 Å². The maximum Gasteiger partial charge on any atom is 0.221 e. The maximum atomic E-state index is 6.70. The minimum Gasteiger partial charge on any atom is -0.471 e. The van der Waals surface area contributed by atoms with Gasteiger partial charge in [0.25, 0.3) is 0 Å². The quantitative estimate of drug-likeness (QED) is 0.399. The SMILES string of the molecule is Cc1nn(-c2ccccc2)c2c1[C@@H]1c3c(C)nn(-c4ccccc4)c3SC[C@H]1C(C)(C)O2. The van der Waals surface area contributed by atoms with Gasteiger partial charge in [-0.1, -0.05) is 36.4 Å². The molecule has 6 rings (SSSR count). The summed E-state index contributed by atoms with van der Waals surface area (Å²) in [5, 5.41) is 11.2. The molecule has 32 heavy (non-hydrogen) atoms. The van der Waals surface area contributed by atoms with Crippen LogP contribution in [0.15, 0.2) is 65.7 Å². The number of para-hydroxylation sites is 2. The molecule has 0 aliphatic carbocycles. The van der Waals surface area contributed by atoms with E-state index >= 15 is 0 Å². The standard InChI is InChI=1S/C26H26N4OS/c1-16-21-23-20(26(3,4)31-24(21)29(27-16)18-11-7-5-8-12-18)15-32-25-22(23)17(2)28-30(25)19-13-9-6-10-14-19/h5-14,20,23H,15H2,1-4H3/t20-,23-/m1/s1. The minimum absolute atomic E-state index is 0.208. The highest BCUT2D eigenvalue weighted by atomic mass is 32.2. The Morgan fingerprint density at radius 1 is 0.844 bits per heavy atom. The second-order valence-corrected chi connectivity index (χ2v) is 10.2. The van der Waals surface area contributed by atoms with Crippen molar-refractivity contribution in [1.82, 2.24) is 19.6 Å². The summed E-state index contributed by atoms with van der Waals surface area (Å²) in [6, 6.07) is 20.7. The number of hydrogen-bond acceptors (Lipinski definition) is 4. The van der Waals surface area contributed by atoms with Crippen LogP contribution in [-0.2, 0) is 0 Å². The molecule has 162 valence electrons. The predicted octanol–water partition coefficient (Wildman–Crippen LogP) is 5.70. The van der Waals surface area contributed by atoms with Crippen molar-refractivity contribution in [2.45, 2.75) is 44.2 Å². The molecule has 2 aliphatic heterocycles. The van der Waals surface area contributed by atoms with E-state index in [9.17, 15) is 0 Å². The number of aromatic nitrogens is 4. The van der Waals surface area contributed by atoms with Crippen LogP contribution in [-0.4, -0.2) is 30.9 Å². The van der Waals surface area contributed by atoms with Gasteiger partial charge in [-0.3, -0.25) is 0 Å². The molecule has 0 bridgehead atoms. The molecule has 0 amide bonds. The van der Waals surface area contributed by atoms with Gasteiger partial charge in [0.05, 0.1) is 22.8 Å². The summed E-state index contributed by atoms with van der Waals surface area (Å²) < 4.78 is 10.8. The average Bonchev–Trinajstić information content (AvgIpc) is 3.31. The molecule has 4 aromatic rings. The number of nitrogens with zero attached hydrogens (tertiary/aromatic N) is 4. The molecule has 2 aromatic carbocycles. The molecule has 0 saturated carbocycles. The van der Waals surface area contributed by atoms with E-state index < -0.39 is 0 Å². The molecule has 0 radical (unpaired) electrons. The molecule has 6 heteroatoms. The number of hydrogen-bond donors (Lipinski definition) is 0. The molecule has 0 fully saturated rings. The number of thioether (sulfide) groups is 1. The fourth-order valence-electron chi connectivity index (χ4n) is 5.22. The average molecular weight is 443 g/mol. The predicted molar refractivity (Wildman–Crippen MR) is 127 cm³/mol. The first-order valence-electron chi connectivity index (χ1n) is 11.1. The lowest BCUT2D eigenvalue weighted by Crippen LogP contribution is -2.47. The third kappa shape index (κ3) is 2.78. The number of benzene rings is 2. The van der Waals surface area contributed by atoms with E-state index in [2.05, 4.69) is 68.8 Å². The van der Waals surface area contributed by atoms with Gasteiger partial charge < -0.3 is 4.74 Å². The van der Waals surface area contributed by atoms with Crippen molar-refractivity contribution in [3.8, 4) is 17.3 Å². The first kappa shape index (κ1) is 19.7. The van der Waals surface area contributed by atoms with Crippen LogP contribution in [0.3, 0.4) is 0 Å². The van der Waals surface area contributed by atoms with Crippen LogP contribution in [0.4, 0.5) is 0 Å². The van der Waals surface area contributed by atoms with Crippen LogP contribution in [0.25, 0.3) is 11.4 Å². The highest BCUT2D eigenvalue weighted by molar-refractivity contribution is 7.99. The zero-order valence-electron chi connectivity index (χ0n) is 18.7. The van der Waals surface area contributed by atoms with E-state index in [-0.39, 0.29) is 11.5 Å². The van der Waals surface area contributed by atoms with Crippen LogP contribution in [0.1, 0.15) is 42.3 Å². The summed E-state index contributed by atoms with van der Waals surface area (Å²) in [5.41, 5.74) is 6.45. The maximum absolute atomic E-state index is 6.70. The lowest BCUT2D eigenvalue weighted by atomic mass is 9.72. The van der Waals surface area contributed by atoms with Crippen molar-refractivity contribution in [3.05, 3.63) is 83.2 Å². The Bertz CT molecular complexity index is 1310. The van der Waals surface area contributed by atoms with Crippen molar-refractivity contribution in [3.63, 3.8) is 0 Å². The number of ether oxygens (including phenoxy) is 1. The Labute approximate surface area is 192 Å². The Hall–Kier alpha value is -2.99. The van der Waals surface area contributed by atoms with Gasteiger partial charge in [-0.25, -0.2) is 9.36 Å². The van der Waals surface area contributed by atoms with Crippen molar-refractivity contribution >= 4 is 11.8 Å². The topological polar surface area (TPSA) is 44.9 Å². The molecule has 4 heterocycles. The van der Waals surface area contributed by atoms with Gasteiger partial charge in [-0.2, -0.15) is 10.2 Å². The summed E-state index contributed by atoms with van der Waals surface area (Å²) in [7, 11) is 0. The summed E-state index contributed by atoms with van der Waals surface area (Å²) in [5.74, 6) is 2.40. The third-order valence-electron chi connectivity index (χ3n) is 6.80. The van der Waals surface area contributed by atoms with Crippen LogP contribution >= 0.6 is 11.8 Å². The normalized spacial score (nSPS) is 20.8. The van der Waals surface area contributed by atoms with Crippen molar-refractivity contribution < 1.29 is 4.74 Å². The molecule has 0 unspecified atom stereocenters. The largest absolute Gasteiger partial charge is 0.471 e. The Balaban J connectivity index is 1.58. The second-order valence-electron chi connectivity index (χ2n) is 9.20. The van der Waals surface area contributed by atoms with Crippen LogP contribution < -0.4 is 4.74 Å². The van der Waals surface area contributed by atoms with Gasteiger partial charge in [-0.05, 0) is 52.0 Å². The van der Waals surface area contributed by atoms with Gasteiger partial charge in [0.1, 0.15) is 10.6 Å². The lowest BCUT2D eigenvalue weighted by Gasteiger charge is -2.46. The lowest BCUT2D eigenvalue weighted by molar-refractivity contribution is 0.0198. The smallest absolute Gasteiger partial charge is 0.221 e. The molecule has 0 N–H and O–H groups in total. The zero-order chi connectivity index (χ0) is 22.0. The van der Waals surface area contributed by atoms with E-state index in [4.69, 9.17) is 14.9 Å². The van der Waals surface area contributed by atoms with Gasteiger partial charge in [0.2, 0.25) is 5.88 Å². The van der Waals surface area contributed by atoms with E-state index in [0.717, 1.165) is 34.4 Å². The van der Waals surface area contributed by atoms with Crippen LogP contribution in [0, 0.1) is 19.8 Å². The van der Waals surface area contributed by atoms with Crippen LogP contribution in [0.2, 0.25) is 0 Å². The first-order chi connectivity index (χ1) is 15.5. The molecular formula is C26H26N4OS. The summed E-state index contributed by atoms with van der Waals surface area (Å²) in [4.78, 5) is 0. The van der Waals surface area contributed by atoms with Crippen LogP contribution in [0.5, 0.6) is 5.88 Å². The summed E-state index contributed by atoms with van der Waals surface area (Å²) in [6.07, 6.45) is 0. The fourth-order valence-corrected chi connectivity index (χ4v) is 6.85. The molecule has 2 aromatic heterocycles. The molecule has 2 aliphatic rings. The van der Waals surface area contributed by atoms with Gasteiger partial charge >= 0.3 is 0 Å². The highest BCUT2D eigenvalue weighted by Crippen LogP contribution is 2.56. The zero-order valence-corrected chi connectivity index (χ0v) is 19.6. The molecule has 0 spiro atoms. The minimum atomic E-state index is -0.317. The van der Waals surface area contributed by atoms with Crippen molar-refractivity contribution in [1.29, 1.82) is 0 Å². The molecule has 2 atom stereocenters. The second kappa shape index (κ2) is 7.01. The Morgan fingerprint density at radius 3 is 2.06 bits per heavy atom. The molecule has 0 saturated heterocycles. The van der Waals surface area contributed by atoms with E-state index in [1.807, 2.05) is 40.7 Å².